The molecule has 4 rings (SSSR count). The molecule has 2 heterocycles. The first-order valence-electron chi connectivity index (χ1n) is 11.0. The Bertz CT molecular complexity index is 1070. The molecule has 1 fully saturated rings. The second-order valence-corrected chi connectivity index (χ2v) is 8.79. The second kappa shape index (κ2) is 9.22. The van der Waals surface area contributed by atoms with Crippen LogP contribution in [0.1, 0.15) is 64.6 Å². The molecule has 1 amide bonds. The lowest BCUT2D eigenvalue weighted by Crippen LogP contribution is -2.39. The van der Waals surface area contributed by atoms with E-state index in [1.54, 1.807) is 11.6 Å². The molecule has 2 aromatic heterocycles. The number of carbonyl (C=O) groups is 1. The van der Waals surface area contributed by atoms with Crippen molar-refractivity contribution in [2.24, 2.45) is 0 Å². The summed E-state index contributed by atoms with van der Waals surface area (Å²) in [6, 6.07) is 8.21. The van der Waals surface area contributed by atoms with Crippen molar-refractivity contribution in [2.75, 3.05) is 5.32 Å². The Morgan fingerprint density at radius 1 is 1.19 bits per heavy atom. The number of amides is 1. The lowest BCUT2D eigenvalue weighted by atomic mass is 9.91. The average molecular weight is 441 g/mol. The van der Waals surface area contributed by atoms with Gasteiger partial charge in [-0.2, -0.15) is 5.10 Å². The largest absolute Gasteiger partial charge is 0.367 e. The maximum absolute atomic E-state index is 11.3. The Morgan fingerprint density at radius 3 is 2.58 bits per heavy atom. The van der Waals surface area contributed by atoms with Crippen LogP contribution in [-0.2, 0) is 4.79 Å². The number of carbonyl (C=O) groups excluding carboxylic acids is 1. The van der Waals surface area contributed by atoms with E-state index < -0.39 is 0 Å². The van der Waals surface area contributed by atoms with Gasteiger partial charge in [0.05, 0.1) is 22.3 Å². The Kier molecular flexibility index (Phi) is 6.41. The summed E-state index contributed by atoms with van der Waals surface area (Å²) in [5.41, 5.74) is 1.56. The maximum Gasteiger partial charge on any atom is 0.217 e. The number of halogens is 1. The van der Waals surface area contributed by atoms with E-state index in [1.165, 1.54) is 0 Å². The van der Waals surface area contributed by atoms with Crippen LogP contribution in [-0.4, -0.2) is 37.7 Å². The van der Waals surface area contributed by atoms with Gasteiger partial charge in [-0.3, -0.25) is 4.79 Å². The molecule has 1 aromatic carbocycles. The topological polar surface area (TPSA) is 84.7 Å². The first-order chi connectivity index (χ1) is 15.0. The molecule has 3 aromatic rings. The molecule has 8 heteroatoms. The van der Waals surface area contributed by atoms with Gasteiger partial charge in [-0.05, 0) is 44.2 Å². The van der Waals surface area contributed by atoms with Crippen molar-refractivity contribution in [1.29, 1.82) is 0 Å². The predicted molar refractivity (Wildman–Crippen MR) is 124 cm³/mol. The fraction of sp³-hybridized carbons (Fsp3) is 0.478. The number of anilines is 1. The van der Waals surface area contributed by atoms with E-state index in [4.69, 9.17) is 21.6 Å². The number of benzene rings is 1. The Morgan fingerprint density at radius 2 is 1.90 bits per heavy atom. The minimum Gasteiger partial charge on any atom is -0.367 e. The minimum atomic E-state index is 0.0408. The molecule has 0 saturated heterocycles. The zero-order valence-electron chi connectivity index (χ0n) is 18.2. The van der Waals surface area contributed by atoms with Gasteiger partial charge in [0.25, 0.3) is 0 Å². The molecule has 1 saturated carbocycles. The van der Waals surface area contributed by atoms with Crippen molar-refractivity contribution >= 4 is 34.4 Å². The molecular weight excluding hydrogens is 412 g/mol. The van der Waals surface area contributed by atoms with Crippen LogP contribution in [0.4, 0.5) is 5.82 Å². The number of rotatable bonds is 6. The number of nitrogens with one attached hydrogen (secondary N) is 2. The summed E-state index contributed by atoms with van der Waals surface area (Å²) in [5.74, 6) is 1.90. The molecule has 1 unspecified atom stereocenters. The van der Waals surface area contributed by atoms with Crippen molar-refractivity contribution in [3.63, 3.8) is 0 Å². The molecule has 0 radical (unpaired) electrons. The smallest absolute Gasteiger partial charge is 0.217 e. The van der Waals surface area contributed by atoms with Crippen LogP contribution < -0.4 is 10.6 Å². The summed E-state index contributed by atoms with van der Waals surface area (Å²) in [5, 5.41) is 12.8. The number of nitrogens with zero attached hydrogens (tertiary/aromatic N) is 4. The second-order valence-electron chi connectivity index (χ2n) is 8.38. The van der Waals surface area contributed by atoms with Gasteiger partial charge in [0, 0.05) is 24.9 Å². The van der Waals surface area contributed by atoms with Crippen LogP contribution in [0.15, 0.2) is 30.5 Å². The summed E-state index contributed by atoms with van der Waals surface area (Å²) in [7, 11) is 0. The maximum atomic E-state index is 11.3. The van der Waals surface area contributed by atoms with E-state index in [0.29, 0.717) is 11.1 Å². The molecule has 1 atom stereocenters. The average Bonchev–Trinajstić information content (AvgIpc) is 3.18. The standard InChI is InChI=1S/C23H29ClN6O/c1-4-14(2)21-28-22(27-17-11-9-16(10-12-17)26-15(3)31)18-13-25-30(23(18)29-21)20-8-6-5-7-19(20)24/h5-8,13-14,16-17H,4,9-12H2,1-3H3,(H,26,31)(H,27,28,29). The van der Waals surface area contributed by atoms with Gasteiger partial charge in [0.15, 0.2) is 5.65 Å². The van der Waals surface area contributed by atoms with E-state index in [2.05, 4.69) is 29.6 Å². The molecule has 0 spiro atoms. The van der Waals surface area contributed by atoms with Crippen LogP contribution >= 0.6 is 11.6 Å². The van der Waals surface area contributed by atoms with E-state index in [0.717, 1.165) is 60.5 Å². The van der Waals surface area contributed by atoms with Gasteiger partial charge in [-0.1, -0.05) is 37.6 Å². The predicted octanol–water partition coefficient (Wildman–Crippen LogP) is 4.84. The third-order valence-electron chi connectivity index (χ3n) is 6.05. The quantitative estimate of drug-likeness (QED) is 0.572. The number of hydrogen-bond acceptors (Lipinski definition) is 5. The zero-order valence-corrected chi connectivity index (χ0v) is 19.0. The Labute approximate surface area is 187 Å². The van der Waals surface area contributed by atoms with Crippen LogP contribution in [0, 0.1) is 0 Å². The highest BCUT2D eigenvalue weighted by Gasteiger charge is 2.24. The van der Waals surface area contributed by atoms with Gasteiger partial charge in [0.1, 0.15) is 11.6 Å². The third-order valence-corrected chi connectivity index (χ3v) is 6.37. The number of fused-ring (bicyclic) bond motifs is 1. The Hall–Kier alpha value is -2.67. The SMILES string of the molecule is CCC(C)c1nc(NC2CCC(NC(C)=O)CC2)c2cnn(-c3ccccc3Cl)c2n1. The van der Waals surface area contributed by atoms with Crippen molar-refractivity contribution in [3.8, 4) is 5.69 Å². The van der Waals surface area contributed by atoms with Crippen LogP contribution in [0.3, 0.4) is 0 Å². The van der Waals surface area contributed by atoms with Crippen molar-refractivity contribution < 1.29 is 4.79 Å². The Balaban J connectivity index is 1.67. The number of hydrogen-bond donors (Lipinski definition) is 2. The van der Waals surface area contributed by atoms with Gasteiger partial charge in [0.2, 0.25) is 5.91 Å². The molecule has 31 heavy (non-hydrogen) atoms. The summed E-state index contributed by atoms with van der Waals surface area (Å²) in [6.45, 7) is 5.86. The first kappa shape index (κ1) is 21.6. The normalized spacial score (nSPS) is 19.9. The summed E-state index contributed by atoms with van der Waals surface area (Å²) in [6.07, 6.45) is 6.64. The van der Waals surface area contributed by atoms with Crippen LogP contribution in [0.2, 0.25) is 5.02 Å². The van der Waals surface area contributed by atoms with Crippen LogP contribution in [0.5, 0.6) is 0 Å². The van der Waals surface area contributed by atoms with Gasteiger partial charge in [-0.25, -0.2) is 14.6 Å². The highest BCUT2D eigenvalue weighted by Crippen LogP contribution is 2.30. The fourth-order valence-corrected chi connectivity index (χ4v) is 4.32. The van der Waals surface area contributed by atoms with Gasteiger partial charge in [-0.15, -0.1) is 0 Å². The molecule has 0 aliphatic heterocycles. The first-order valence-corrected chi connectivity index (χ1v) is 11.4. The highest BCUT2D eigenvalue weighted by atomic mass is 35.5. The fourth-order valence-electron chi connectivity index (χ4n) is 4.10. The van der Waals surface area contributed by atoms with Crippen molar-refractivity contribution in [1.82, 2.24) is 25.1 Å². The minimum absolute atomic E-state index is 0.0408. The summed E-state index contributed by atoms with van der Waals surface area (Å²) < 4.78 is 1.80. The van der Waals surface area contributed by atoms with Crippen molar-refractivity contribution in [2.45, 2.75) is 70.9 Å². The molecule has 0 bridgehead atoms. The van der Waals surface area contributed by atoms with Gasteiger partial charge >= 0.3 is 0 Å². The number of para-hydroxylation sites is 1. The van der Waals surface area contributed by atoms with E-state index in [-0.39, 0.29) is 17.9 Å². The molecule has 7 nitrogen and oxygen atoms in total. The van der Waals surface area contributed by atoms with E-state index in [9.17, 15) is 4.79 Å². The third kappa shape index (κ3) is 4.66. The lowest BCUT2D eigenvalue weighted by molar-refractivity contribution is -0.119. The molecular formula is C23H29ClN6O. The molecule has 164 valence electrons. The summed E-state index contributed by atoms with van der Waals surface area (Å²) >= 11 is 6.44. The monoisotopic (exact) mass is 440 g/mol. The van der Waals surface area contributed by atoms with Crippen molar-refractivity contribution in [3.05, 3.63) is 41.3 Å². The molecule has 1 aliphatic rings. The van der Waals surface area contributed by atoms with Gasteiger partial charge < -0.3 is 10.6 Å². The lowest BCUT2D eigenvalue weighted by Gasteiger charge is -2.30. The molecule has 1 aliphatic carbocycles. The molecule has 2 N–H and O–H groups in total. The summed E-state index contributed by atoms with van der Waals surface area (Å²) in [4.78, 5) is 21.1. The zero-order chi connectivity index (χ0) is 22.0. The van der Waals surface area contributed by atoms with E-state index >= 15 is 0 Å². The highest BCUT2D eigenvalue weighted by molar-refractivity contribution is 6.32. The van der Waals surface area contributed by atoms with Crippen LogP contribution in [0.25, 0.3) is 16.7 Å². The van der Waals surface area contributed by atoms with E-state index in [1.807, 2.05) is 30.5 Å². The number of aromatic nitrogens is 4.